The first kappa shape index (κ1) is 23.2. The molecule has 7 nitrogen and oxygen atoms in total. The van der Waals surface area contributed by atoms with Crippen molar-refractivity contribution in [2.75, 3.05) is 49.1 Å². The van der Waals surface area contributed by atoms with E-state index in [-0.39, 0.29) is 12.0 Å². The molecule has 174 valence electrons. The zero-order valence-electron chi connectivity index (χ0n) is 18.2. The highest BCUT2D eigenvalue weighted by molar-refractivity contribution is 7.80. The number of piperazine rings is 1. The molecule has 33 heavy (non-hydrogen) atoms. The molecule has 0 radical (unpaired) electrons. The quantitative estimate of drug-likeness (QED) is 0.496. The second kappa shape index (κ2) is 10.3. The van der Waals surface area contributed by atoms with Crippen LogP contribution in [0.15, 0.2) is 41.8 Å². The fourth-order valence-electron chi connectivity index (χ4n) is 3.83. The normalized spacial score (nSPS) is 18.7. The lowest BCUT2D eigenvalue weighted by atomic mass is 10.2. The van der Waals surface area contributed by atoms with E-state index in [1.807, 2.05) is 28.5 Å². The van der Waals surface area contributed by atoms with Crippen molar-refractivity contribution < 1.29 is 18.7 Å². The fourth-order valence-corrected chi connectivity index (χ4v) is 4.53. The summed E-state index contributed by atoms with van der Waals surface area (Å²) < 4.78 is 20.3. The summed E-state index contributed by atoms with van der Waals surface area (Å²) in [5.74, 6) is -0.451. The predicted octanol–water partition coefficient (Wildman–Crippen LogP) is 3.51. The molecule has 4 rings (SSSR count). The SMILES string of the molecule is CC(=S)NC[C@H]1CN(c2ccc(N3CCN(C(=O)C=Cc4cccs4)CC3)c(F)c2)C(=O)O1. The Kier molecular flexibility index (Phi) is 7.24. The summed E-state index contributed by atoms with van der Waals surface area (Å²) in [6.07, 6.45) is 2.55. The average molecular weight is 489 g/mol. The molecule has 2 aliphatic rings. The number of hydrogen-bond donors (Lipinski definition) is 1. The van der Waals surface area contributed by atoms with E-state index in [1.165, 1.54) is 11.0 Å². The van der Waals surface area contributed by atoms with E-state index < -0.39 is 11.9 Å². The Morgan fingerprint density at radius 3 is 2.76 bits per heavy atom. The first-order valence-electron chi connectivity index (χ1n) is 10.7. The monoisotopic (exact) mass is 488 g/mol. The minimum atomic E-state index is -0.501. The summed E-state index contributed by atoms with van der Waals surface area (Å²) in [6.45, 7) is 4.60. The van der Waals surface area contributed by atoms with Crippen LogP contribution in [0.25, 0.3) is 6.08 Å². The molecule has 1 N–H and O–H groups in total. The Hall–Kier alpha value is -2.98. The van der Waals surface area contributed by atoms with Crippen LogP contribution in [0.3, 0.4) is 0 Å². The number of ether oxygens (including phenoxy) is 1. The van der Waals surface area contributed by atoms with Gasteiger partial charge in [-0.3, -0.25) is 9.69 Å². The van der Waals surface area contributed by atoms with Gasteiger partial charge in [0.15, 0.2) is 0 Å². The molecule has 2 aliphatic heterocycles. The highest BCUT2D eigenvalue weighted by Crippen LogP contribution is 2.28. The zero-order valence-corrected chi connectivity index (χ0v) is 19.8. The van der Waals surface area contributed by atoms with Gasteiger partial charge in [-0.15, -0.1) is 11.3 Å². The maximum absolute atomic E-state index is 15.0. The maximum Gasteiger partial charge on any atom is 0.414 e. The summed E-state index contributed by atoms with van der Waals surface area (Å²) in [6, 6.07) is 8.66. The van der Waals surface area contributed by atoms with Gasteiger partial charge in [-0.1, -0.05) is 18.3 Å². The Morgan fingerprint density at radius 1 is 1.30 bits per heavy atom. The van der Waals surface area contributed by atoms with Crippen LogP contribution < -0.4 is 15.1 Å². The number of thiophene rings is 1. The van der Waals surface area contributed by atoms with Crippen LogP contribution in [0.1, 0.15) is 11.8 Å². The standard InChI is InChI=1S/C23H25FN4O3S2/c1-16(32)25-14-18-15-28(23(30)31-18)17-4-6-21(20(24)13-17)26-8-10-27(11-9-26)22(29)7-5-19-3-2-12-33-19/h2-7,12-13,18H,8-11,14-15H2,1H3,(H,25,32)/t18-/m0/s1. The van der Waals surface area contributed by atoms with Crippen LogP contribution in [0.5, 0.6) is 0 Å². The van der Waals surface area contributed by atoms with Crippen LogP contribution in [-0.4, -0.2) is 67.3 Å². The van der Waals surface area contributed by atoms with E-state index in [0.29, 0.717) is 55.6 Å². The summed E-state index contributed by atoms with van der Waals surface area (Å²) in [5, 5.41) is 4.95. The van der Waals surface area contributed by atoms with E-state index in [1.54, 1.807) is 41.4 Å². The Labute approximate surface area is 201 Å². The van der Waals surface area contributed by atoms with Crippen molar-refractivity contribution in [1.82, 2.24) is 10.2 Å². The van der Waals surface area contributed by atoms with Crippen LogP contribution in [0.4, 0.5) is 20.6 Å². The molecule has 2 amide bonds. The van der Waals surface area contributed by atoms with Gasteiger partial charge in [0.25, 0.3) is 0 Å². The Morgan fingerprint density at radius 2 is 2.09 bits per heavy atom. The van der Waals surface area contributed by atoms with E-state index in [0.717, 1.165) is 4.88 Å². The van der Waals surface area contributed by atoms with Crippen molar-refractivity contribution in [1.29, 1.82) is 0 Å². The number of carbonyl (C=O) groups excluding carboxylic acids is 2. The van der Waals surface area contributed by atoms with Gasteiger partial charge in [0, 0.05) is 37.1 Å². The number of anilines is 2. The van der Waals surface area contributed by atoms with Gasteiger partial charge >= 0.3 is 6.09 Å². The third-order valence-corrected chi connectivity index (χ3v) is 6.54. The lowest BCUT2D eigenvalue weighted by molar-refractivity contribution is -0.126. The smallest absolute Gasteiger partial charge is 0.414 e. The van der Waals surface area contributed by atoms with Crippen molar-refractivity contribution in [3.63, 3.8) is 0 Å². The molecule has 1 aromatic heterocycles. The molecule has 10 heteroatoms. The van der Waals surface area contributed by atoms with Crippen molar-refractivity contribution in [3.8, 4) is 0 Å². The number of cyclic esters (lactones) is 1. The molecule has 2 aromatic rings. The van der Waals surface area contributed by atoms with Gasteiger partial charge < -0.3 is 19.9 Å². The second-order valence-electron chi connectivity index (χ2n) is 7.85. The lowest BCUT2D eigenvalue weighted by Crippen LogP contribution is -2.48. The van der Waals surface area contributed by atoms with Crippen molar-refractivity contribution in [3.05, 3.63) is 52.5 Å². The zero-order chi connectivity index (χ0) is 23.4. The fraction of sp³-hybridized carbons (Fsp3) is 0.348. The van der Waals surface area contributed by atoms with Gasteiger partial charge in [0.2, 0.25) is 5.91 Å². The molecule has 2 saturated heterocycles. The minimum absolute atomic E-state index is 0.0423. The van der Waals surface area contributed by atoms with Crippen LogP contribution >= 0.6 is 23.6 Å². The number of hydrogen-bond acceptors (Lipinski definition) is 6. The van der Waals surface area contributed by atoms with Crippen molar-refractivity contribution >= 4 is 58.0 Å². The largest absolute Gasteiger partial charge is 0.442 e. The third kappa shape index (κ3) is 5.69. The molecule has 0 unspecified atom stereocenters. The minimum Gasteiger partial charge on any atom is -0.442 e. The summed E-state index contributed by atoms with van der Waals surface area (Å²) in [7, 11) is 0. The van der Waals surface area contributed by atoms with Gasteiger partial charge in [0.1, 0.15) is 11.9 Å². The van der Waals surface area contributed by atoms with Crippen molar-refractivity contribution in [2.45, 2.75) is 13.0 Å². The number of halogens is 1. The highest BCUT2D eigenvalue weighted by atomic mass is 32.1. The second-order valence-corrected chi connectivity index (χ2v) is 9.44. The maximum atomic E-state index is 15.0. The number of rotatable bonds is 6. The number of benzene rings is 1. The van der Waals surface area contributed by atoms with Gasteiger partial charge in [-0.05, 0) is 42.6 Å². The number of nitrogens with one attached hydrogen (secondary N) is 1. The topological polar surface area (TPSA) is 65.1 Å². The molecule has 3 heterocycles. The number of amides is 2. The van der Waals surface area contributed by atoms with E-state index in [4.69, 9.17) is 17.0 Å². The van der Waals surface area contributed by atoms with Crippen LogP contribution in [0.2, 0.25) is 0 Å². The molecule has 0 spiro atoms. The van der Waals surface area contributed by atoms with Gasteiger partial charge in [-0.25, -0.2) is 9.18 Å². The molecular weight excluding hydrogens is 463 g/mol. The third-order valence-electron chi connectivity index (χ3n) is 5.56. The first-order valence-corrected chi connectivity index (χ1v) is 12.0. The lowest BCUT2D eigenvalue weighted by Gasteiger charge is -2.36. The molecule has 0 bridgehead atoms. The van der Waals surface area contributed by atoms with E-state index in [9.17, 15) is 14.0 Å². The predicted molar refractivity (Wildman–Crippen MR) is 132 cm³/mol. The molecule has 1 atom stereocenters. The molecule has 0 saturated carbocycles. The molecular formula is C23H25FN4O3S2. The molecule has 2 fully saturated rings. The number of carbonyl (C=O) groups is 2. The molecule has 1 aromatic carbocycles. The molecule has 0 aliphatic carbocycles. The van der Waals surface area contributed by atoms with Gasteiger partial charge in [-0.2, -0.15) is 0 Å². The highest BCUT2D eigenvalue weighted by Gasteiger charge is 2.33. The van der Waals surface area contributed by atoms with E-state index in [2.05, 4.69) is 5.32 Å². The number of thiocarbonyl (C=S) groups is 1. The van der Waals surface area contributed by atoms with Crippen LogP contribution in [-0.2, 0) is 9.53 Å². The Bertz CT molecular complexity index is 1050. The first-order chi connectivity index (χ1) is 15.9. The van der Waals surface area contributed by atoms with Gasteiger partial charge in [0.05, 0.1) is 29.5 Å². The number of nitrogens with zero attached hydrogens (tertiary/aromatic N) is 3. The van der Waals surface area contributed by atoms with E-state index >= 15 is 0 Å². The summed E-state index contributed by atoms with van der Waals surface area (Å²) >= 11 is 6.56. The van der Waals surface area contributed by atoms with Crippen LogP contribution in [0, 0.1) is 5.82 Å². The average Bonchev–Trinajstić information content (AvgIpc) is 3.45. The summed E-state index contributed by atoms with van der Waals surface area (Å²) in [5.41, 5.74) is 0.914. The van der Waals surface area contributed by atoms with Crippen molar-refractivity contribution in [2.24, 2.45) is 0 Å². The Balaban J connectivity index is 1.34. The summed E-state index contributed by atoms with van der Waals surface area (Å²) in [4.78, 5) is 31.4.